The number of carbonyl (C=O) groups is 1. The summed E-state index contributed by atoms with van der Waals surface area (Å²) in [6.45, 7) is 0.323. The highest BCUT2D eigenvalue weighted by atomic mass is 35.5. The fourth-order valence-corrected chi connectivity index (χ4v) is 2.85. The lowest BCUT2D eigenvalue weighted by atomic mass is 9.95. The van der Waals surface area contributed by atoms with E-state index in [2.05, 4.69) is 5.10 Å². The summed E-state index contributed by atoms with van der Waals surface area (Å²) in [5.74, 6) is -0.492. The van der Waals surface area contributed by atoms with Crippen molar-refractivity contribution >= 4 is 29.0 Å². The molecule has 0 N–H and O–H groups in total. The van der Waals surface area contributed by atoms with E-state index in [0.717, 1.165) is 11.1 Å². The van der Waals surface area contributed by atoms with E-state index in [1.807, 2.05) is 0 Å². The Morgan fingerprint density at radius 3 is 2.95 bits per heavy atom. The van der Waals surface area contributed by atoms with Gasteiger partial charge in [-0.25, -0.2) is 4.39 Å². The number of alkyl halides is 1. The molecule has 2 aromatic rings. The molecule has 0 saturated heterocycles. The molecular formula is C14H11Cl2FN2O. The van der Waals surface area contributed by atoms with Crippen molar-refractivity contribution in [2.24, 2.45) is 0 Å². The number of hydrogen-bond acceptors (Lipinski definition) is 2. The van der Waals surface area contributed by atoms with Crippen LogP contribution in [0.4, 0.5) is 4.39 Å². The number of halogens is 3. The largest absolute Gasteiger partial charge is 0.289 e. The van der Waals surface area contributed by atoms with Gasteiger partial charge < -0.3 is 0 Å². The van der Waals surface area contributed by atoms with Crippen LogP contribution in [0.15, 0.2) is 24.4 Å². The minimum atomic E-state index is -1.43. The van der Waals surface area contributed by atoms with E-state index in [4.69, 9.17) is 23.2 Å². The van der Waals surface area contributed by atoms with Crippen molar-refractivity contribution in [2.45, 2.75) is 25.6 Å². The van der Waals surface area contributed by atoms with Crippen molar-refractivity contribution in [3.05, 3.63) is 51.3 Å². The molecule has 1 unspecified atom stereocenters. The lowest BCUT2D eigenvalue weighted by Crippen LogP contribution is -2.26. The first-order valence-corrected chi connectivity index (χ1v) is 6.99. The van der Waals surface area contributed by atoms with Gasteiger partial charge in [0.2, 0.25) is 5.78 Å². The third-order valence-corrected chi connectivity index (χ3v) is 4.02. The third-order valence-electron chi connectivity index (χ3n) is 3.44. The van der Waals surface area contributed by atoms with E-state index in [1.165, 1.54) is 4.68 Å². The molecule has 1 atom stereocenters. The van der Waals surface area contributed by atoms with Gasteiger partial charge in [-0.3, -0.25) is 9.48 Å². The molecule has 1 aromatic carbocycles. The maximum absolute atomic E-state index is 13.6. The van der Waals surface area contributed by atoms with Gasteiger partial charge in [-0.2, -0.15) is 5.10 Å². The SMILES string of the molecule is O=C1c2c(cnn2Cc2ccc(Cl)cc2Cl)CCC1F. The standard InChI is InChI=1S/C14H11Cl2FN2O/c15-10-3-1-9(11(16)5-10)7-19-13-8(6-18-19)2-4-12(17)14(13)20/h1,3,5-6,12H,2,4,7H2. The zero-order valence-electron chi connectivity index (χ0n) is 10.4. The van der Waals surface area contributed by atoms with Crippen molar-refractivity contribution in [2.75, 3.05) is 0 Å². The number of Topliss-reactive ketones (excluding diaryl/α,β-unsaturated/α-hetero) is 1. The van der Waals surface area contributed by atoms with Crippen LogP contribution in [-0.4, -0.2) is 21.7 Å². The number of fused-ring (bicyclic) bond motifs is 1. The molecule has 1 heterocycles. The average molecular weight is 313 g/mol. The Bertz CT molecular complexity index is 684. The van der Waals surface area contributed by atoms with Crippen LogP contribution < -0.4 is 0 Å². The molecule has 3 rings (SSSR count). The van der Waals surface area contributed by atoms with Crippen molar-refractivity contribution < 1.29 is 9.18 Å². The van der Waals surface area contributed by atoms with Crippen LogP contribution in [0, 0.1) is 0 Å². The molecule has 0 spiro atoms. The molecule has 0 radical (unpaired) electrons. The number of hydrogen-bond donors (Lipinski definition) is 0. The Hall–Kier alpha value is -1.39. The van der Waals surface area contributed by atoms with Gasteiger partial charge in [-0.15, -0.1) is 0 Å². The number of rotatable bonds is 2. The summed E-state index contributed by atoms with van der Waals surface area (Å²) in [4.78, 5) is 11.9. The summed E-state index contributed by atoms with van der Waals surface area (Å²) in [5.41, 5.74) is 1.94. The Labute approximate surface area is 125 Å². The maximum Gasteiger partial charge on any atom is 0.215 e. The van der Waals surface area contributed by atoms with Crippen molar-refractivity contribution in [1.82, 2.24) is 9.78 Å². The molecule has 6 heteroatoms. The average Bonchev–Trinajstić information content (AvgIpc) is 2.81. The van der Waals surface area contributed by atoms with E-state index in [1.54, 1.807) is 24.4 Å². The fraction of sp³-hybridized carbons (Fsp3) is 0.286. The Balaban J connectivity index is 1.96. The molecule has 0 aliphatic heterocycles. The number of aryl methyl sites for hydroxylation is 1. The predicted octanol–water partition coefficient (Wildman–Crippen LogP) is 3.71. The highest BCUT2D eigenvalue weighted by Crippen LogP contribution is 2.26. The lowest BCUT2D eigenvalue weighted by molar-refractivity contribution is 0.0845. The second kappa shape index (κ2) is 5.19. The number of nitrogens with zero attached hydrogens (tertiary/aromatic N) is 2. The van der Waals surface area contributed by atoms with E-state index in [-0.39, 0.29) is 6.42 Å². The van der Waals surface area contributed by atoms with Crippen LogP contribution in [0.1, 0.15) is 28.0 Å². The molecule has 0 saturated carbocycles. The third kappa shape index (κ3) is 2.34. The Morgan fingerprint density at radius 1 is 1.40 bits per heavy atom. The first-order chi connectivity index (χ1) is 9.56. The zero-order chi connectivity index (χ0) is 14.3. The fourth-order valence-electron chi connectivity index (χ4n) is 2.39. The normalized spacial score (nSPS) is 18.1. The first-order valence-electron chi connectivity index (χ1n) is 6.23. The van der Waals surface area contributed by atoms with Gasteiger partial charge in [-0.05, 0) is 30.5 Å². The second-order valence-electron chi connectivity index (χ2n) is 4.78. The van der Waals surface area contributed by atoms with Gasteiger partial charge in [0, 0.05) is 15.6 Å². The lowest BCUT2D eigenvalue weighted by Gasteiger charge is -2.16. The number of aromatic nitrogens is 2. The van der Waals surface area contributed by atoms with Crippen LogP contribution in [0.3, 0.4) is 0 Å². The molecule has 104 valence electrons. The summed E-state index contributed by atoms with van der Waals surface area (Å²) in [7, 11) is 0. The van der Waals surface area contributed by atoms with Crippen LogP contribution in [0.2, 0.25) is 10.0 Å². The Morgan fingerprint density at radius 2 is 2.20 bits per heavy atom. The maximum atomic E-state index is 13.6. The second-order valence-corrected chi connectivity index (χ2v) is 5.63. The van der Waals surface area contributed by atoms with E-state index in [9.17, 15) is 9.18 Å². The number of ketones is 1. The van der Waals surface area contributed by atoms with Gasteiger partial charge in [0.1, 0.15) is 5.69 Å². The smallest absolute Gasteiger partial charge is 0.215 e. The summed E-state index contributed by atoms with van der Waals surface area (Å²) in [6, 6.07) is 5.13. The molecule has 1 aromatic heterocycles. The minimum Gasteiger partial charge on any atom is -0.289 e. The zero-order valence-corrected chi connectivity index (χ0v) is 12.0. The quantitative estimate of drug-likeness (QED) is 0.847. The van der Waals surface area contributed by atoms with E-state index in [0.29, 0.717) is 28.7 Å². The van der Waals surface area contributed by atoms with Gasteiger partial charge >= 0.3 is 0 Å². The van der Waals surface area contributed by atoms with Gasteiger partial charge in [0.15, 0.2) is 6.17 Å². The molecule has 3 nitrogen and oxygen atoms in total. The van der Waals surface area contributed by atoms with Crippen LogP contribution in [0.25, 0.3) is 0 Å². The molecular weight excluding hydrogens is 302 g/mol. The molecule has 0 bridgehead atoms. The van der Waals surface area contributed by atoms with Crippen molar-refractivity contribution in [3.63, 3.8) is 0 Å². The van der Waals surface area contributed by atoms with E-state index < -0.39 is 12.0 Å². The van der Waals surface area contributed by atoms with Crippen LogP contribution in [0.5, 0.6) is 0 Å². The van der Waals surface area contributed by atoms with Gasteiger partial charge in [0.25, 0.3) is 0 Å². The highest BCUT2D eigenvalue weighted by Gasteiger charge is 2.31. The molecule has 1 aliphatic carbocycles. The molecule has 20 heavy (non-hydrogen) atoms. The van der Waals surface area contributed by atoms with Crippen LogP contribution >= 0.6 is 23.2 Å². The molecule has 0 amide bonds. The first kappa shape index (κ1) is 13.6. The minimum absolute atomic E-state index is 0.235. The predicted molar refractivity (Wildman–Crippen MR) is 75.3 cm³/mol. The van der Waals surface area contributed by atoms with E-state index >= 15 is 0 Å². The summed E-state index contributed by atoms with van der Waals surface area (Å²) in [6.07, 6.45) is 0.970. The number of carbonyl (C=O) groups excluding carboxylic acids is 1. The highest BCUT2D eigenvalue weighted by molar-refractivity contribution is 6.35. The van der Waals surface area contributed by atoms with Crippen molar-refractivity contribution in [1.29, 1.82) is 0 Å². The molecule has 1 aliphatic rings. The number of benzene rings is 1. The summed E-state index contributed by atoms with van der Waals surface area (Å²) >= 11 is 12.0. The van der Waals surface area contributed by atoms with Gasteiger partial charge in [0.05, 0.1) is 12.7 Å². The summed E-state index contributed by atoms with van der Waals surface area (Å²) in [5, 5.41) is 5.22. The Kier molecular flexibility index (Phi) is 3.52. The van der Waals surface area contributed by atoms with Crippen molar-refractivity contribution in [3.8, 4) is 0 Å². The summed E-state index contributed by atoms with van der Waals surface area (Å²) < 4.78 is 15.1. The van der Waals surface area contributed by atoms with Gasteiger partial charge in [-0.1, -0.05) is 29.3 Å². The molecule has 0 fully saturated rings. The monoisotopic (exact) mass is 312 g/mol. The topological polar surface area (TPSA) is 34.9 Å². The van der Waals surface area contributed by atoms with Crippen LogP contribution in [-0.2, 0) is 13.0 Å².